The lowest BCUT2D eigenvalue weighted by molar-refractivity contribution is 0.979. The van der Waals surface area contributed by atoms with Crippen molar-refractivity contribution in [1.29, 1.82) is 5.26 Å². The highest BCUT2D eigenvalue weighted by Crippen LogP contribution is 2.22. The van der Waals surface area contributed by atoms with Gasteiger partial charge >= 0.3 is 0 Å². The lowest BCUT2D eigenvalue weighted by atomic mass is 10.2. The highest BCUT2D eigenvalue weighted by atomic mass is 32.2. The topological polar surface area (TPSA) is 69.5 Å². The van der Waals surface area contributed by atoms with Crippen LogP contribution >= 0.6 is 23.1 Å². The number of aromatic amines is 1. The highest BCUT2D eigenvalue weighted by molar-refractivity contribution is 7.98. The van der Waals surface area contributed by atoms with Crippen LogP contribution in [0.1, 0.15) is 11.1 Å². The fourth-order valence-corrected chi connectivity index (χ4v) is 3.42. The number of H-pyrrole nitrogens is 1. The van der Waals surface area contributed by atoms with Crippen LogP contribution in [0.3, 0.4) is 0 Å². The van der Waals surface area contributed by atoms with Gasteiger partial charge in [0.05, 0.1) is 17.0 Å². The smallest absolute Gasteiger partial charge is 0.260 e. The summed E-state index contributed by atoms with van der Waals surface area (Å²) in [5, 5.41) is 12.0. The molecule has 20 heavy (non-hydrogen) atoms. The van der Waals surface area contributed by atoms with E-state index in [0.717, 1.165) is 10.4 Å². The maximum Gasteiger partial charge on any atom is 0.260 e. The minimum Gasteiger partial charge on any atom is -0.301 e. The van der Waals surface area contributed by atoms with Gasteiger partial charge in [0, 0.05) is 5.75 Å². The van der Waals surface area contributed by atoms with Gasteiger partial charge < -0.3 is 4.98 Å². The Hall–Kier alpha value is -2.10. The summed E-state index contributed by atoms with van der Waals surface area (Å²) in [6.45, 7) is 0. The molecule has 6 heteroatoms. The molecule has 2 aromatic heterocycles. The molecule has 0 bridgehead atoms. The first-order chi connectivity index (χ1) is 9.76. The van der Waals surface area contributed by atoms with E-state index in [-0.39, 0.29) is 5.56 Å². The monoisotopic (exact) mass is 299 g/mol. The summed E-state index contributed by atoms with van der Waals surface area (Å²) in [5.74, 6) is 0.662. The molecule has 1 N–H and O–H groups in total. The molecule has 98 valence electrons. The standard InChI is InChI=1S/C14H9N3OS2/c15-7-9-2-1-3-10(6-9)8-20-14-16-12(18)11-4-5-19-13(11)17-14/h1-6H,8H2,(H,16,17,18). The first-order valence-corrected chi connectivity index (χ1v) is 7.72. The molecule has 0 spiro atoms. The second-order valence-electron chi connectivity index (χ2n) is 4.11. The summed E-state index contributed by atoms with van der Waals surface area (Å²) in [6.07, 6.45) is 0. The zero-order valence-electron chi connectivity index (χ0n) is 10.3. The summed E-state index contributed by atoms with van der Waals surface area (Å²) >= 11 is 2.91. The first kappa shape index (κ1) is 12.9. The zero-order chi connectivity index (χ0) is 13.9. The van der Waals surface area contributed by atoms with Gasteiger partial charge in [0.15, 0.2) is 5.16 Å². The molecule has 2 heterocycles. The number of benzene rings is 1. The van der Waals surface area contributed by atoms with E-state index in [4.69, 9.17) is 5.26 Å². The van der Waals surface area contributed by atoms with Gasteiger partial charge in [-0.05, 0) is 29.1 Å². The highest BCUT2D eigenvalue weighted by Gasteiger charge is 2.05. The second-order valence-corrected chi connectivity index (χ2v) is 5.97. The first-order valence-electron chi connectivity index (χ1n) is 5.85. The summed E-state index contributed by atoms with van der Waals surface area (Å²) in [6, 6.07) is 11.3. The minimum atomic E-state index is -0.107. The van der Waals surface area contributed by atoms with Crippen LogP contribution in [-0.2, 0) is 5.75 Å². The van der Waals surface area contributed by atoms with Crippen LogP contribution in [0, 0.1) is 11.3 Å². The van der Waals surface area contributed by atoms with Crippen molar-refractivity contribution < 1.29 is 0 Å². The lowest BCUT2D eigenvalue weighted by Gasteiger charge is -2.02. The molecule has 0 amide bonds. The van der Waals surface area contributed by atoms with Crippen molar-refractivity contribution in [3.8, 4) is 6.07 Å². The maximum absolute atomic E-state index is 11.8. The van der Waals surface area contributed by atoms with Gasteiger partial charge in [-0.1, -0.05) is 23.9 Å². The van der Waals surface area contributed by atoms with Crippen LogP contribution in [0.25, 0.3) is 10.2 Å². The van der Waals surface area contributed by atoms with Crippen LogP contribution in [0.15, 0.2) is 45.7 Å². The summed E-state index contributed by atoms with van der Waals surface area (Å²) in [5.41, 5.74) is 1.56. The average Bonchev–Trinajstić information content (AvgIpc) is 2.94. The number of hydrogen-bond donors (Lipinski definition) is 1. The molecule has 0 unspecified atom stereocenters. The van der Waals surface area contributed by atoms with Crippen LogP contribution in [0.4, 0.5) is 0 Å². The van der Waals surface area contributed by atoms with Crippen molar-refractivity contribution in [3.05, 3.63) is 57.2 Å². The SMILES string of the molecule is N#Cc1cccc(CSc2nc3sccc3c(=O)[nH]2)c1. The van der Waals surface area contributed by atoms with Crippen molar-refractivity contribution >= 4 is 33.3 Å². The normalized spacial score (nSPS) is 10.6. The minimum absolute atomic E-state index is 0.107. The van der Waals surface area contributed by atoms with E-state index in [1.54, 1.807) is 12.1 Å². The number of nitrogens with zero attached hydrogens (tertiary/aromatic N) is 2. The van der Waals surface area contributed by atoms with Crippen molar-refractivity contribution in [2.24, 2.45) is 0 Å². The van der Waals surface area contributed by atoms with E-state index in [1.807, 2.05) is 23.6 Å². The Morgan fingerprint density at radius 3 is 3.15 bits per heavy atom. The van der Waals surface area contributed by atoms with Gasteiger partial charge in [0.1, 0.15) is 4.83 Å². The van der Waals surface area contributed by atoms with Crippen molar-refractivity contribution in [3.63, 3.8) is 0 Å². The summed E-state index contributed by atoms with van der Waals surface area (Å²) in [4.78, 5) is 19.8. The van der Waals surface area contributed by atoms with E-state index < -0.39 is 0 Å². The van der Waals surface area contributed by atoms with Crippen LogP contribution < -0.4 is 5.56 Å². The Bertz CT molecular complexity index is 860. The third kappa shape index (κ3) is 2.59. The predicted octanol–water partition coefficient (Wildman–Crippen LogP) is 3.15. The van der Waals surface area contributed by atoms with E-state index in [9.17, 15) is 4.79 Å². The molecule has 0 radical (unpaired) electrons. The van der Waals surface area contributed by atoms with E-state index in [1.165, 1.54) is 23.1 Å². The largest absolute Gasteiger partial charge is 0.301 e. The number of fused-ring (bicyclic) bond motifs is 1. The zero-order valence-corrected chi connectivity index (χ0v) is 11.9. The van der Waals surface area contributed by atoms with Crippen molar-refractivity contribution in [2.75, 3.05) is 0 Å². The van der Waals surface area contributed by atoms with Gasteiger partial charge in [0.2, 0.25) is 0 Å². The number of nitriles is 1. The third-order valence-corrected chi connectivity index (χ3v) is 4.50. The Morgan fingerprint density at radius 1 is 1.40 bits per heavy atom. The molecule has 3 aromatic rings. The molecule has 0 saturated heterocycles. The van der Waals surface area contributed by atoms with Gasteiger partial charge in [-0.25, -0.2) is 4.98 Å². The van der Waals surface area contributed by atoms with Crippen LogP contribution in [0.2, 0.25) is 0 Å². The summed E-state index contributed by atoms with van der Waals surface area (Å²) in [7, 11) is 0. The van der Waals surface area contributed by atoms with Crippen molar-refractivity contribution in [1.82, 2.24) is 9.97 Å². The number of thioether (sulfide) groups is 1. The molecule has 0 aliphatic rings. The second kappa shape index (κ2) is 5.49. The molecular formula is C14H9N3OS2. The molecule has 0 saturated carbocycles. The van der Waals surface area contributed by atoms with Crippen molar-refractivity contribution in [2.45, 2.75) is 10.9 Å². The fourth-order valence-electron chi connectivity index (χ4n) is 1.80. The van der Waals surface area contributed by atoms with E-state index in [2.05, 4.69) is 16.0 Å². The third-order valence-electron chi connectivity index (χ3n) is 2.74. The molecule has 0 atom stereocenters. The lowest BCUT2D eigenvalue weighted by Crippen LogP contribution is -2.07. The van der Waals surface area contributed by atoms with E-state index >= 15 is 0 Å². The van der Waals surface area contributed by atoms with Gasteiger partial charge in [-0.3, -0.25) is 4.79 Å². The van der Waals surface area contributed by atoms with Crippen LogP contribution in [0.5, 0.6) is 0 Å². The Balaban J connectivity index is 1.83. The van der Waals surface area contributed by atoms with Gasteiger partial charge in [-0.2, -0.15) is 5.26 Å². The van der Waals surface area contributed by atoms with Crippen LogP contribution in [-0.4, -0.2) is 9.97 Å². The quantitative estimate of drug-likeness (QED) is 0.596. The number of nitrogens with one attached hydrogen (secondary N) is 1. The molecular weight excluding hydrogens is 290 g/mol. The molecule has 0 aliphatic heterocycles. The Morgan fingerprint density at radius 2 is 2.30 bits per heavy atom. The predicted molar refractivity (Wildman–Crippen MR) is 81.0 cm³/mol. The molecule has 1 aromatic carbocycles. The van der Waals surface area contributed by atoms with Gasteiger partial charge in [0.25, 0.3) is 5.56 Å². The number of rotatable bonds is 3. The Kier molecular flexibility index (Phi) is 3.54. The summed E-state index contributed by atoms with van der Waals surface area (Å²) < 4.78 is 0. The average molecular weight is 299 g/mol. The van der Waals surface area contributed by atoms with E-state index in [0.29, 0.717) is 21.9 Å². The maximum atomic E-state index is 11.8. The number of thiophene rings is 1. The molecule has 4 nitrogen and oxygen atoms in total. The molecule has 3 rings (SSSR count). The van der Waals surface area contributed by atoms with Gasteiger partial charge in [-0.15, -0.1) is 11.3 Å². The Labute approximate surface area is 123 Å². The molecule has 0 fully saturated rings. The number of hydrogen-bond acceptors (Lipinski definition) is 5. The molecule has 0 aliphatic carbocycles. The fraction of sp³-hybridized carbons (Fsp3) is 0.0714. The number of aromatic nitrogens is 2.